The maximum absolute atomic E-state index is 12.2. The van der Waals surface area contributed by atoms with Crippen molar-refractivity contribution < 1.29 is 14.6 Å². The van der Waals surface area contributed by atoms with Crippen LogP contribution >= 0.6 is 0 Å². The Morgan fingerprint density at radius 3 is 2.79 bits per heavy atom. The van der Waals surface area contributed by atoms with Crippen LogP contribution in [0.4, 0.5) is 0 Å². The molecule has 1 amide bonds. The van der Waals surface area contributed by atoms with Gasteiger partial charge in [-0.2, -0.15) is 5.10 Å². The molecule has 0 aliphatic heterocycles. The minimum absolute atomic E-state index is 0.0854. The number of carbonyl (C=O) groups excluding carboxylic acids is 1. The second-order valence-electron chi connectivity index (χ2n) is 5.94. The molecule has 28 heavy (non-hydrogen) atoms. The average Bonchev–Trinajstić information content (AvgIpc) is 3.09. The molecule has 3 rings (SSSR count). The SMILES string of the molecule is COc1cccc(/C=N\NC(=O)Cn2cnc3c(=O)n(C)c(=O)n(C)c32)c1O. The zero-order valence-electron chi connectivity index (χ0n) is 15.4. The molecule has 0 saturated heterocycles. The lowest BCUT2D eigenvalue weighted by Gasteiger charge is -2.08. The Bertz CT molecular complexity index is 1200. The first-order valence-corrected chi connectivity index (χ1v) is 8.14. The van der Waals surface area contributed by atoms with Gasteiger partial charge >= 0.3 is 5.69 Å². The largest absolute Gasteiger partial charge is 0.504 e. The van der Waals surface area contributed by atoms with Crippen molar-refractivity contribution >= 4 is 23.3 Å². The van der Waals surface area contributed by atoms with E-state index in [1.165, 1.54) is 42.9 Å². The van der Waals surface area contributed by atoms with Crippen molar-refractivity contribution in [1.82, 2.24) is 24.1 Å². The average molecular weight is 386 g/mol. The van der Waals surface area contributed by atoms with Crippen LogP contribution in [0.2, 0.25) is 0 Å². The summed E-state index contributed by atoms with van der Waals surface area (Å²) in [7, 11) is 4.27. The molecule has 0 aliphatic carbocycles. The standard InChI is InChI=1S/C17H18N6O5/c1-21-15-13(16(26)22(2)17(21)27)18-9-23(15)8-12(24)20-19-7-10-5-4-6-11(28-3)14(10)25/h4-7,9,25H,8H2,1-3H3,(H,20,24)/b19-7-. The Labute approximate surface area is 158 Å². The summed E-state index contributed by atoms with van der Waals surface area (Å²) in [5.74, 6) is -0.330. The Hall–Kier alpha value is -3.89. The molecule has 2 N–H and O–H groups in total. The van der Waals surface area contributed by atoms with Crippen molar-refractivity contribution in [3.05, 3.63) is 50.9 Å². The fourth-order valence-corrected chi connectivity index (χ4v) is 2.73. The van der Waals surface area contributed by atoms with Gasteiger partial charge in [0.2, 0.25) is 0 Å². The number of para-hydroxylation sites is 1. The van der Waals surface area contributed by atoms with Crippen molar-refractivity contribution in [2.45, 2.75) is 6.54 Å². The number of fused-ring (bicyclic) bond motifs is 1. The lowest BCUT2D eigenvalue weighted by Crippen LogP contribution is -2.37. The van der Waals surface area contributed by atoms with Crippen LogP contribution in [0.3, 0.4) is 0 Å². The predicted octanol–water partition coefficient (Wildman–Crippen LogP) is -0.702. The summed E-state index contributed by atoms with van der Waals surface area (Å²) in [5, 5.41) is 13.8. The van der Waals surface area contributed by atoms with E-state index in [9.17, 15) is 19.5 Å². The Morgan fingerprint density at radius 2 is 2.07 bits per heavy atom. The molecule has 11 nitrogen and oxygen atoms in total. The Kier molecular flexibility index (Phi) is 4.98. The molecule has 2 aromatic heterocycles. The fourth-order valence-electron chi connectivity index (χ4n) is 2.73. The molecule has 3 aromatic rings. The number of imidazole rings is 1. The van der Waals surface area contributed by atoms with Gasteiger partial charge in [0, 0.05) is 19.7 Å². The first-order chi connectivity index (χ1) is 13.3. The van der Waals surface area contributed by atoms with E-state index >= 15 is 0 Å². The van der Waals surface area contributed by atoms with Crippen LogP contribution in [-0.4, -0.2) is 43.0 Å². The number of methoxy groups -OCH3 is 1. The second kappa shape index (κ2) is 7.39. The van der Waals surface area contributed by atoms with Crippen LogP contribution in [-0.2, 0) is 25.4 Å². The van der Waals surface area contributed by atoms with Crippen LogP contribution in [0.1, 0.15) is 5.56 Å². The van der Waals surface area contributed by atoms with E-state index in [1.807, 2.05) is 0 Å². The van der Waals surface area contributed by atoms with E-state index in [0.29, 0.717) is 5.56 Å². The van der Waals surface area contributed by atoms with Gasteiger partial charge in [0.1, 0.15) is 12.2 Å². The van der Waals surface area contributed by atoms with Gasteiger partial charge in [0.25, 0.3) is 11.5 Å². The molecule has 0 bridgehead atoms. The Balaban J connectivity index is 1.80. The maximum atomic E-state index is 12.2. The number of hydrazone groups is 1. The number of phenolic OH excluding ortho intramolecular Hbond substituents is 1. The second-order valence-corrected chi connectivity index (χ2v) is 5.94. The van der Waals surface area contributed by atoms with Crippen LogP contribution in [0.25, 0.3) is 11.2 Å². The van der Waals surface area contributed by atoms with E-state index in [4.69, 9.17) is 4.74 Å². The molecule has 1 aromatic carbocycles. The van der Waals surface area contributed by atoms with Gasteiger partial charge < -0.3 is 14.4 Å². The molecule has 0 aliphatic rings. The number of aromatic hydroxyl groups is 1. The molecule has 146 valence electrons. The lowest BCUT2D eigenvalue weighted by molar-refractivity contribution is -0.121. The summed E-state index contributed by atoms with van der Waals surface area (Å²) in [5.41, 5.74) is 1.94. The molecule has 11 heteroatoms. The van der Waals surface area contributed by atoms with Crippen molar-refractivity contribution in [2.24, 2.45) is 19.2 Å². The summed E-state index contributed by atoms with van der Waals surface area (Å²) in [4.78, 5) is 40.4. The number of hydrogen-bond donors (Lipinski definition) is 2. The molecule has 0 radical (unpaired) electrons. The summed E-state index contributed by atoms with van der Waals surface area (Å²) in [6, 6.07) is 4.85. The minimum Gasteiger partial charge on any atom is -0.504 e. The molecule has 0 fully saturated rings. The summed E-state index contributed by atoms with van der Waals surface area (Å²) in [6.07, 6.45) is 2.58. The van der Waals surface area contributed by atoms with Gasteiger partial charge in [-0.1, -0.05) is 6.07 Å². The van der Waals surface area contributed by atoms with Crippen LogP contribution in [0, 0.1) is 0 Å². The molecule has 0 atom stereocenters. The topological polar surface area (TPSA) is 133 Å². The van der Waals surface area contributed by atoms with Crippen LogP contribution in [0.15, 0.2) is 39.2 Å². The lowest BCUT2D eigenvalue weighted by atomic mass is 10.2. The van der Waals surface area contributed by atoms with E-state index in [1.54, 1.807) is 18.2 Å². The molecule has 0 saturated carbocycles. The quantitative estimate of drug-likeness (QED) is 0.440. The van der Waals surface area contributed by atoms with Gasteiger partial charge in [-0.25, -0.2) is 15.2 Å². The predicted molar refractivity (Wildman–Crippen MR) is 101 cm³/mol. The minimum atomic E-state index is -0.538. The van der Waals surface area contributed by atoms with Gasteiger partial charge in [-0.15, -0.1) is 0 Å². The van der Waals surface area contributed by atoms with Crippen molar-refractivity contribution in [1.29, 1.82) is 0 Å². The van der Waals surface area contributed by atoms with Gasteiger partial charge in [-0.3, -0.25) is 18.7 Å². The highest BCUT2D eigenvalue weighted by Crippen LogP contribution is 2.27. The number of nitrogens with one attached hydrogen (secondary N) is 1. The van der Waals surface area contributed by atoms with Crippen molar-refractivity contribution in [3.63, 3.8) is 0 Å². The molecular formula is C17H18N6O5. The van der Waals surface area contributed by atoms with Crippen molar-refractivity contribution in [2.75, 3.05) is 7.11 Å². The van der Waals surface area contributed by atoms with Crippen LogP contribution in [0.5, 0.6) is 11.5 Å². The van der Waals surface area contributed by atoms with Crippen molar-refractivity contribution in [3.8, 4) is 11.5 Å². The van der Waals surface area contributed by atoms with E-state index < -0.39 is 17.2 Å². The first-order valence-electron chi connectivity index (χ1n) is 8.14. The molecule has 0 unspecified atom stereocenters. The third kappa shape index (κ3) is 3.24. The zero-order valence-corrected chi connectivity index (χ0v) is 15.4. The Morgan fingerprint density at radius 1 is 1.32 bits per heavy atom. The van der Waals surface area contributed by atoms with Crippen LogP contribution < -0.4 is 21.4 Å². The number of rotatable bonds is 5. The molecule has 0 spiro atoms. The molecular weight excluding hydrogens is 368 g/mol. The fraction of sp³-hybridized carbons (Fsp3) is 0.235. The van der Waals surface area contributed by atoms with Gasteiger partial charge in [0.15, 0.2) is 17.0 Å². The van der Waals surface area contributed by atoms with E-state index in [2.05, 4.69) is 15.5 Å². The monoisotopic (exact) mass is 386 g/mol. The number of carbonyl (C=O) groups is 1. The first kappa shape index (κ1) is 18.9. The third-order valence-corrected chi connectivity index (χ3v) is 4.17. The third-order valence-electron chi connectivity index (χ3n) is 4.17. The smallest absolute Gasteiger partial charge is 0.332 e. The summed E-state index contributed by atoms with van der Waals surface area (Å²) >= 11 is 0. The summed E-state index contributed by atoms with van der Waals surface area (Å²) < 4.78 is 8.57. The number of aromatic nitrogens is 4. The number of amides is 1. The highest BCUT2D eigenvalue weighted by atomic mass is 16.5. The normalized spacial score (nSPS) is 11.2. The number of benzene rings is 1. The molecule has 2 heterocycles. The zero-order chi connectivity index (χ0) is 20.4. The van der Waals surface area contributed by atoms with E-state index in [0.717, 1.165) is 4.57 Å². The number of nitrogens with zero attached hydrogens (tertiary/aromatic N) is 5. The number of phenols is 1. The number of hydrogen-bond acceptors (Lipinski definition) is 7. The highest BCUT2D eigenvalue weighted by Gasteiger charge is 2.15. The summed E-state index contributed by atoms with van der Waals surface area (Å²) in [6.45, 7) is -0.210. The van der Waals surface area contributed by atoms with Gasteiger partial charge in [0.05, 0.1) is 19.7 Å². The number of aryl methyl sites for hydroxylation is 1. The van der Waals surface area contributed by atoms with Gasteiger partial charge in [-0.05, 0) is 12.1 Å². The van der Waals surface area contributed by atoms with E-state index in [-0.39, 0.29) is 29.2 Å². The maximum Gasteiger partial charge on any atom is 0.332 e. The number of ether oxygens (including phenoxy) is 1. The highest BCUT2D eigenvalue weighted by molar-refractivity contribution is 5.86.